The quantitative estimate of drug-likeness (QED) is 0.658. The summed E-state index contributed by atoms with van der Waals surface area (Å²) in [6.45, 7) is 1.69. The van der Waals surface area contributed by atoms with Crippen molar-refractivity contribution >= 4 is 0 Å². The van der Waals surface area contributed by atoms with Crippen molar-refractivity contribution in [3.63, 3.8) is 0 Å². The smallest absolute Gasteiger partial charge is 0.168 e. The molecule has 3 nitrogen and oxygen atoms in total. The first-order valence-corrected chi connectivity index (χ1v) is 6.60. The number of rotatable bonds is 5. The molecule has 2 aromatic carbocycles. The average Bonchev–Trinajstić information content (AvgIpc) is 2.49. The molecule has 0 aliphatic rings. The lowest BCUT2D eigenvalue weighted by Gasteiger charge is -2.18. The Labute approximate surface area is 122 Å². The Hall–Kier alpha value is -1.98. The third-order valence-corrected chi connectivity index (χ3v) is 3.49. The minimum Gasteiger partial charge on any atom is -0.494 e. The van der Waals surface area contributed by atoms with Crippen LogP contribution in [0.3, 0.4) is 0 Å². The third kappa shape index (κ3) is 3.37. The molecule has 0 amide bonds. The van der Waals surface area contributed by atoms with E-state index < -0.39 is 5.82 Å². The second-order valence-corrected chi connectivity index (χ2v) is 4.87. The molecule has 0 fully saturated rings. The molecule has 0 aliphatic carbocycles. The molecule has 0 spiro atoms. The standard InChI is InChI=1S/C16H18F2N2O/c1-10-6-7-11(8-13(10)17)14(20-19)9-12-4-3-5-15(21-2)16(12)18/h3-8,14,20H,9,19H2,1-2H3. The van der Waals surface area contributed by atoms with Gasteiger partial charge in [-0.3, -0.25) is 11.3 Å². The average molecular weight is 292 g/mol. The van der Waals surface area contributed by atoms with Crippen LogP contribution in [0.15, 0.2) is 36.4 Å². The second kappa shape index (κ2) is 6.65. The van der Waals surface area contributed by atoms with E-state index in [-0.39, 0.29) is 17.6 Å². The number of hydrogen-bond acceptors (Lipinski definition) is 3. The molecule has 21 heavy (non-hydrogen) atoms. The number of ether oxygens (including phenoxy) is 1. The molecule has 112 valence electrons. The first-order chi connectivity index (χ1) is 10.1. The Morgan fingerprint density at radius 2 is 2.00 bits per heavy atom. The summed E-state index contributed by atoms with van der Waals surface area (Å²) < 4.78 is 32.8. The van der Waals surface area contributed by atoms with Gasteiger partial charge in [0.25, 0.3) is 0 Å². The number of nitrogens with two attached hydrogens (primary N) is 1. The summed E-state index contributed by atoms with van der Waals surface area (Å²) in [5.41, 5.74) is 4.29. The van der Waals surface area contributed by atoms with Gasteiger partial charge in [0, 0.05) is 0 Å². The summed E-state index contributed by atoms with van der Waals surface area (Å²) in [7, 11) is 1.41. The van der Waals surface area contributed by atoms with E-state index in [1.54, 1.807) is 37.3 Å². The first-order valence-electron chi connectivity index (χ1n) is 6.60. The zero-order valence-corrected chi connectivity index (χ0v) is 12.0. The summed E-state index contributed by atoms with van der Waals surface area (Å²) in [6.07, 6.45) is 0.294. The third-order valence-electron chi connectivity index (χ3n) is 3.49. The van der Waals surface area contributed by atoms with Gasteiger partial charge in [0.15, 0.2) is 11.6 Å². The minimum absolute atomic E-state index is 0.179. The molecule has 0 bridgehead atoms. The largest absolute Gasteiger partial charge is 0.494 e. The van der Waals surface area contributed by atoms with Crippen LogP contribution >= 0.6 is 0 Å². The number of hydrazine groups is 1. The zero-order valence-electron chi connectivity index (χ0n) is 12.0. The predicted octanol–water partition coefficient (Wildman–Crippen LogP) is 3.03. The molecule has 0 aliphatic heterocycles. The van der Waals surface area contributed by atoms with Crippen molar-refractivity contribution in [2.75, 3.05) is 7.11 Å². The van der Waals surface area contributed by atoms with Gasteiger partial charge < -0.3 is 4.74 Å². The normalized spacial score (nSPS) is 12.2. The van der Waals surface area contributed by atoms with Crippen molar-refractivity contribution in [3.8, 4) is 5.75 Å². The van der Waals surface area contributed by atoms with E-state index in [1.807, 2.05) is 0 Å². The lowest BCUT2D eigenvalue weighted by molar-refractivity contribution is 0.382. The summed E-state index contributed by atoms with van der Waals surface area (Å²) in [6, 6.07) is 9.40. The van der Waals surface area contributed by atoms with E-state index in [0.29, 0.717) is 23.1 Å². The van der Waals surface area contributed by atoms with Crippen molar-refractivity contribution in [1.82, 2.24) is 5.43 Å². The molecule has 1 atom stereocenters. The molecule has 2 rings (SSSR count). The highest BCUT2D eigenvalue weighted by molar-refractivity contribution is 5.33. The van der Waals surface area contributed by atoms with Crippen LogP contribution in [0.25, 0.3) is 0 Å². The summed E-state index contributed by atoms with van der Waals surface area (Å²) in [4.78, 5) is 0. The van der Waals surface area contributed by atoms with Crippen molar-refractivity contribution in [1.29, 1.82) is 0 Å². The van der Waals surface area contributed by atoms with Crippen LogP contribution < -0.4 is 16.0 Å². The summed E-state index contributed by atoms with van der Waals surface area (Å²) >= 11 is 0. The molecular formula is C16H18F2N2O. The Morgan fingerprint density at radius 1 is 1.24 bits per heavy atom. The van der Waals surface area contributed by atoms with Gasteiger partial charge >= 0.3 is 0 Å². The maximum atomic E-state index is 14.2. The van der Waals surface area contributed by atoms with E-state index >= 15 is 0 Å². The molecule has 1 unspecified atom stereocenters. The molecule has 3 N–H and O–H groups in total. The molecular weight excluding hydrogens is 274 g/mol. The molecule has 0 aromatic heterocycles. The number of benzene rings is 2. The van der Waals surface area contributed by atoms with Crippen molar-refractivity contribution in [2.45, 2.75) is 19.4 Å². The van der Waals surface area contributed by atoms with Crippen LogP contribution in [-0.2, 0) is 6.42 Å². The number of hydrogen-bond donors (Lipinski definition) is 2. The van der Waals surface area contributed by atoms with Crippen LogP contribution in [0.2, 0.25) is 0 Å². The monoisotopic (exact) mass is 292 g/mol. The topological polar surface area (TPSA) is 47.3 Å². The fourth-order valence-electron chi connectivity index (χ4n) is 2.19. The molecule has 0 saturated heterocycles. The van der Waals surface area contributed by atoms with Gasteiger partial charge in [-0.25, -0.2) is 8.78 Å². The molecule has 0 radical (unpaired) electrons. The van der Waals surface area contributed by atoms with E-state index in [9.17, 15) is 8.78 Å². The lowest BCUT2D eigenvalue weighted by atomic mass is 9.98. The Morgan fingerprint density at radius 3 is 2.62 bits per heavy atom. The van der Waals surface area contributed by atoms with Gasteiger partial charge in [0.05, 0.1) is 13.2 Å². The van der Waals surface area contributed by atoms with Gasteiger partial charge in [-0.1, -0.05) is 24.3 Å². The Balaban J connectivity index is 2.29. The number of nitrogens with one attached hydrogen (secondary N) is 1. The SMILES string of the molecule is COc1cccc(CC(NN)c2ccc(C)c(F)c2)c1F. The predicted molar refractivity (Wildman–Crippen MR) is 77.9 cm³/mol. The zero-order chi connectivity index (χ0) is 15.4. The van der Waals surface area contributed by atoms with Gasteiger partial charge in [0.2, 0.25) is 0 Å². The van der Waals surface area contributed by atoms with Crippen molar-refractivity contribution in [3.05, 3.63) is 64.7 Å². The van der Waals surface area contributed by atoms with Gasteiger partial charge in [-0.2, -0.15) is 0 Å². The van der Waals surface area contributed by atoms with E-state index in [0.717, 1.165) is 0 Å². The highest BCUT2D eigenvalue weighted by Crippen LogP contribution is 2.25. The summed E-state index contributed by atoms with van der Waals surface area (Å²) in [5, 5.41) is 0. The molecule has 0 saturated carbocycles. The van der Waals surface area contributed by atoms with Crippen LogP contribution in [0.5, 0.6) is 5.75 Å². The molecule has 2 aromatic rings. The fraction of sp³-hybridized carbons (Fsp3) is 0.250. The van der Waals surface area contributed by atoms with Gasteiger partial charge in [-0.15, -0.1) is 0 Å². The highest BCUT2D eigenvalue weighted by atomic mass is 19.1. The lowest BCUT2D eigenvalue weighted by Crippen LogP contribution is -2.30. The first kappa shape index (κ1) is 15.4. The van der Waals surface area contributed by atoms with E-state index in [4.69, 9.17) is 10.6 Å². The second-order valence-electron chi connectivity index (χ2n) is 4.87. The van der Waals surface area contributed by atoms with Crippen LogP contribution in [-0.4, -0.2) is 7.11 Å². The summed E-state index contributed by atoms with van der Waals surface area (Å²) in [5.74, 6) is 4.98. The van der Waals surface area contributed by atoms with Crippen LogP contribution in [0.4, 0.5) is 8.78 Å². The maximum absolute atomic E-state index is 14.2. The van der Waals surface area contributed by atoms with Gasteiger partial charge in [0.1, 0.15) is 5.82 Å². The fourth-order valence-corrected chi connectivity index (χ4v) is 2.19. The van der Waals surface area contributed by atoms with Crippen LogP contribution in [0.1, 0.15) is 22.7 Å². The molecule has 5 heteroatoms. The highest BCUT2D eigenvalue weighted by Gasteiger charge is 2.16. The van der Waals surface area contributed by atoms with Gasteiger partial charge in [-0.05, 0) is 42.2 Å². The number of aryl methyl sites for hydroxylation is 1. The maximum Gasteiger partial charge on any atom is 0.168 e. The Kier molecular flexibility index (Phi) is 4.88. The molecule has 0 heterocycles. The van der Waals surface area contributed by atoms with E-state index in [1.165, 1.54) is 13.2 Å². The van der Waals surface area contributed by atoms with Crippen molar-refractivity contribution in [2.24, 2.45) is 5.84 Å². The minimum atomic E-state index is -0.423. The van der Waals surface area contributed by atoms with Crippen molar-refractivity contribution < 1.29 is 13.5 Å². The number of halogens is 2. The Bertz CT molecular complexity index is 632. The van der Waals surface area contributed by atoms with Crippen LogP contribution in [0, 0.1) is 18.6 Å². The van der Waals surface area contributed by atoms with E-state index in [2.05, 4.69) is 5.43 Å². The number of methoxy groups -OCH3 is 1.